The molecule has 0 radical (unpaired) electrons. The molecule has 6 nitrogen and oxygen atoms in total. The minimum Gasteiger partial charge on any atom is -0.346 e. The smallest absolute Gasteiger partial charge is 0.266 e. The van der Waals surface area contributed by atoms with Gasteiger partial charge in [0.15, 0.2) is 0 Å². The first-order valence-electron chi connectivity index (χ1n) is 9.87. The van der Waals surface area contributed by atoms with E-state index in [1.165, 1.54) is 0 Å². The molecule has 1 aliphatic rings. The predicted octanol–water partition coefficient (Wildman–Crippen LogP) is 4.74. The first-order valence-corrected chi connectivity index (χ1v) is 9.87. The molecule has 1 N–H and O–H groups in total. The molecule has 2 aromatic carbocycles. The highest BCUT2D eigenvalue weighted by molar-refractivity contribution is 6.34. The highest BCUT2D eigenvalue weighted by Crippen LogP contribution is 2.30. The molecular formula is C24H23N3O3. The van der Waals surface area contributed by atoms with E-state index in [0.717, 1.165) is 16.3 Å². The second-order valence-corrected chi connectivity index (χ2v) is 7.74. The Hall–Kier alpha value is -3.67. The molecule has 0 bridgehead atoms. The summed E-state index contributed by atoms with van der Waals surface area (Å²) in [7, 11) is 0. The van der Waals surface area contributed by atoms with Crippen LogP contribution in [-0.2, 0) is 0 Å². The lowest BCUT2D eigenvalue weighted by atomic mass is 10.1. The molecule has 1 aromatic heterocycles. The maximum Gasteiger partial charge on any atom is 0.266 e. The van der Waals surface area contributed by atoms with Crippen LogP contribution in [0.2, 0.25) is 0 Å². The van der Waals surface area contributed by atoms with Crippen molar-refractivity contribution in [1.82, 2.24) is 4.57 Å². The zero-order valence-electron chi connectivity index (χ0n) is 17.4. The number of aryl methyl sites for hydroxylation is 1. The Bertz CT molecular complexity index is 1160. The highest BCUT2D eigenvalue weighted by atomic mass is 16.2. The van der Waals surface area contributed by atoms with Crippen molar-refractivity contribution in [3.8, 4) is 0 Å². The van der Waals surface area contributed by atoms with Crippen molar-refractivity contribution in [1.29, 1.82) is 0 Å². The number of hydrogen-bond donors (Lipinski definition) is 1. The fourth-order valence-electron chi connectivity index (χ4n) is 4.15. The Morgan fingerprint density at radius 3 is 2.10 bits per heavy atom. The Morgan fingerprint density at radius 2 is 1.53 bits per heavy atom. The van der Waals surface area contributed by atoms with E-state index in [1.54, 1.807) is 48.5 Å². The second kappa shape index (κ2) is 7.30. The van der Waals surface area contributed by atoms with Gasteiger partial charge in [-0.05, 0) is 64.1 Å². The lowest BCUT2D eigenvalue weighted by Gasteiger charge is -2.16. The Labute approximate surface area is 175 Å². The van der Waals surface area contributed by atoms with Crippen LogP contribution in [0.3, 0.4) is 0 Å². The maximum absolute atomic E-state index is 12.9. The number of benzene rings is 2. The molecule has 2 heterocycles. The van der Waals surface area contributed by atoms with E-state index in [1.807, 2.05) is 19.9 Å². The molecular weight excluding hydrogens is 378 g/mol. The van der Waals surface area contributed by atoms with Crippen molar-refractivity contribution in [2.24, 2.45) is 0 Å². The molecule has 0 unspecified atom stereocenters. The minimum atomic E-state index is -0.362. The summed E-state index contributed by atoms with van der Waals surface area (Å²) in [5.74, 6) is -0.950. The van der Waals surface area contributed by atoms with Gasteiger partial charge in [0.1, 0.15) is 0 Å². The van der Waals surface area contributed by atoms with Crippen LogP contribution in [0.5, 0.6) is 0 Å². The van der Waals surface area contributed by atoms with Gasteiger partial charge in [-0.2, -0.15) is 0 Å². The summed E-state index contributed by atoms with van der Waals surface area (Å²) >= 11 is 0. The van der Waals surface area contributed by atoms with Gasteiger partial charge < -0.3 is 9.88 Å². The normalized spacial score (nSPS) is 13.2. The SMILES string of the molecule is Cc1cc(C(=O)Nc2cccc(N3C(=O)c4ccccc4C3=O)c2)c(C)n1C(C)C. The van der Waals surface area contributed by atoms with Crippen LogP contribution in [0.25, 0.3) is 0 Å². The minimum absolute atomic E-state index is 0.227. The third kappa shape index (κ3) is 3.10. The van der Waals surface area contributed by atoms with E-state index in [9.17, 15) is 14.4 Å². The zero-order chi connectivity index (χ0) is 21.6. The number of amides is 3. The van der Waals surface area contributed by atoms with Crippen LogP contribution in [0.15, 0.2) is 54.6 Å². The number of aromatic nitrogens is 1. The largest absolute Gasteiger partial charge is 0.346 e. The predicted molar refractivity (Wildman–Crippen MR) is 116 cm³/mol. The van der Waals surface area contributed by atoms with Crippen molar-refractivity contribution in [2.75, 3.05) is 10.2 Å². The first kappa shape index (κ1) is 19.6. The topological polar surface area (TPSA) is 71.4 Å². The average molecular weight is 401 g/mol. The molecule has 0 aliphatic carbocycles. The first-order chi connectivity index (χ1) is 14.3. The van der Waals surface area contributed by atoms with Crippen LogP contribution in [-0.4, -0.2) is 22.3 Å². The number of nitrogens with one attached hydrogen (secondary N) is 1. The second-order valence-electron chi connectivity index (χ2n) is 7.74. The van der Waals surface area contributed by atoms with E-state index in [2.05, 4.69) is 23.7 Å². The van der Waals surface area contributed by atoms with E-state index in [4.69, 9.17) is 0 Å². The van der Waals surface area contributed by atoms with Gasteiger partial charge in [0.05, 0.1) is 22.4 Å². The molecule has 30 heavy (non-hydrogen) atoms. The van der Waals surface area contributed by atoms with Gasteiger partial charge in [0.2, 0.25) is 0 Å². The molecule has 1 aliphatic heterocycles. The van der Waals surface area contributed by atoms with Crippen LogP contribution < -0.4 is 10.2 Å². The monoisotopic (exact) mass is 401 g/mol. The van der Waals surface area contributed by atoms with Crippen LogP contribution in [0, 0.1) is 13.8 Å². The molecule has 0 atom stereocenters. The number of rotatable bonds is 4. The molecule has 0 saturated heterocycles. The van der Waals surface area contributed by atoms with Crippen molar-refractivity contribution in [3.05, 3.63) is 82.7 Å². The number of carbonyl (C=O) groups excluding carboxylic acids is 3. The summed E-state index contributed by atoms with van der Waals surface area (Å²) in [6, 6.07) is 15.7. The number of fused-ring (bicyclic) bond motifs is 1. The molecule has 0 fully saturated rings. The summed E-state index contributed by atoms with van der Waals surface area (Å²) in [4.78, 5) is 39.5. The summed E-state index contributed by atoms with van der Waals surface area (Å²) in [6.07, 6.45) is 0. The molecule has 3 amide bonds. The zero-order valence-corrected chi connectivity index (χ0v) is 17.4. The number of carbonyl (C=O) groups is 3. The third-order valence-corrected chi connectivity index (χ3v) is 5.40. The number of nitrogens with zero attached hydrogens (tertiary/aromatic N) is 2. The summed E-state index contributed by atoms with van der Waals surface area (Å²) in [5.41, 5.74) is 4.24. The fraction of sp³-hybridized carbons (Fsp3) is 0.208. The quantitative estimate of drug-likeness (QED) is 0.642. The van der Waals surface area contributed by atoms with Crippen LogP contribution in [0.4, 0.5) is 11.4 Å². The van der Waals surface area contributed by atoms with Gasteiger partial charge in [0.25, 0.3) is 17.7 Å². The van der Waals surface area contributed by atoms with Crippen molar-refractivity contribution >= 4 is 29.1 Å². The van der Waals surface area contributed by atoms with E-state index in [0.29, 0.717) is 28.1 Å². The third-order valence-electron chi connectivity index (χ3n) is 5.40. The molecule has 0 spiro atoms. The van der Waals surface area contributed by atoms with Crippen molar-refractivity contribution in [3.63, 3.8) is 0 Å². The number of imide groups is 1. The van der Waals surface area contributed by atoms with Crippen molar-refractivity contribution in [2.45, 2.75) is 33.7 Å². The lowest BCUT2D eigenvalue weighted by molar-refractivity contribution is 0.0925. The molecule has 0 saturated carbocycles. The van der Waals surface area contributed by atoms with Gasteiger partial charge in [-0.3, -0.25) is 14.4 Å². The van der Waals surface area contributed by atoms with Gasteiger partial charge in [-0.15, -0.1) is 0 Å². The molecule has 152 valence electrons. The summed E-state index contributed by atoms with van der Waals surface area (Å²) < 4.78 is 2.12. The lowest BCUT2D eigenvalue weighted by Crippen LogP contribution is -2.29. The van der Waals surface area contributed by atoms with Crippen LogP contribution >= 0.6 is 0 Å². The maximum atomic E-state index is 12.9. The standard InChI is InChI=1S/C24H23N3O3/c1-14(2)26-15(3)12-21(16(26)4)22(28)25-17-8-7-9-18(13-17)27-23(29)19-10-5-6-11-20(19)24(27)30/h5-14H,1-4H3,(H,25,28). The van der Waals surface area contributed by atoms with Gasteiger partial charge in [-0.25, -0.2) is 4.90 Å². The number of anilines is 2. The Balaban J connectivity index is 1.61. The van der Waals surface area contributed by atoms with Crippen LogP contribution in [0.1, 0.15) is 62.4 Å². The van der Waals surface area contributed by atoms with Gasteiger partial charge in [0, 0.05) is 23.1 Å². The van der Waals surface area contributed by atoms with E-state index >= 15 is 0 Å². The van der Waals surface area contributed by atoms with Gasteiger partial charge >= 0.3 is 0 Å². The molecule has 6 heteroatoms. The van der Waals surface area contributed by atoms with E-state index < -0.39 is 0 Å². The fourth-order valence-corrected chi connectivity index (χ4v) is 4.15. The van der Waals surface area contributed by atoms with E-state index in [-0.39, 0.29) is 23.8 Å². The summed E-state index contributed by atoms with van der Waals surface area (Å²) in [6.45, 7) is 8.06. The average Bonchev–Trinajstić information content (AvgIpc) is 3.15. The summed E-state index contributed by atoms with van der Waals surface area (Å²) in [5, 5.41) is 2.89. The van der Waals surface area contributed by atoms with Crippen molar-refractivity contribution < 1.29 is 14.4 Å². The number of hydrogen-bond acceptors (Lipinski definition) is 3. The molecule has 3 aromatic rings. The highest BCUT2D eigenvalue weighted by Gasteiger charge is 2.36. The Morgan fingerprint density at radius 1 is 0.900 bits per heavy atom. The Kier molecular flexibility index (Phi) is 4.78. The van der Waals surface area contributed by atoms with Gasteiger partial charge in [-0.1, -0.05) is 18.2 Å². The molecule has 4 rings (SSSR count).